The molecule has 1 nitrogen and oxygen atoms in total. The molecular weight excluding hydrogens is 401 g/mol. The van der Waals surface area contributed by atoms with Crippen LogP contribution >= 0.6 is 38.5 Å². The van der Waals surface area contributed by atoms with Crippen LogP contribution in [0.1, 0.15) is 51.6 Å². The molecule has 1 N–H and O–H groups in total. The predicted octanol–water partition coefficient (Wildman–Crippen LogP) is 5.53. The highest BCUT2D eigenvalue weighted by Gasteiger charge is 2.15. The van der Waals surface area contributed by atoms with Crippen LogP contribution in [0.15, 0.2) is 22.7 Å². The monoisotopic (exact) mass is 423 g/mol. The first kappa shape index (κ1) is 16.4. The minimum atomic E-state index is 0.431. The second-order valence-corrected chi connectivity index (χ2v) is 8.06. The van der Waals surface area contributed by atoms with E-state index in [1.807, 2.05) is 7.05 Å². The zero-order chi connectivity index (χ0) is 13.8. The van der Waals surface area contributed by atoms with Crippen molar-refractivity contribution < 1.29 is 0 Å². The van der Waals surface area contributed by atoms with E-state index in [-0.39, 0.29) is 0 Å². The van der Waals surface area contributed by atoms with E-state index in [1.54, 1.807) is 0 Å². The van der Waals surface area contributed by atoms with Crippen molar-refractivity contribution in [1.82, 2.24) is 5.32 Å². The van der Waals surface area contributed by atoms with E-state index < -0.39 is 0 Å². The molecule has 1 aromatic rings. The quantitative estimate of drug-likeness (QED) is 0.613. The van der Waals surface area contributed by atoms with Crippen LogP contribution in [0.3, 0.4) is 0 Å². The molecule has 0 aliphatic heterocycles. The molecule has 18 heavy (non-hydrogen) atoms. The highest BCUT2D eigenvalue weighted by Crippen LogP contribution is 2.30. The fourth-order valence-corrected chi connectivity index (χ4v) is 3.11. The number of benzene rings is 1. The average Bonchev–Trinajstić information content (AvgIpc) is 2.27. The molecule has 0 aliphatic rings. The van der Waals surface area contributed by atoms with Gasteiger partial charge in [-0.3, -0.25) is 0 Å². The zero-order valence-electron chi connectivity index (χ0n) is 11.7. The topological polar surface area (TPSA) is 12.0 Å². The molecule has 0 aliphatic carbocycles. The van der Waals surface area contributed by atoms with E-state index in [0.29, 0.717) is 11.5 Å². The normalized spacial score (nSPS) is 13.7. The van der Waals surface area contributed by atoms with Gasteiger partial charge in [-0.05, 0) is 71.7 Å². The summed E-state index contributed by atoms with van der Waals surface area (Å²) in [4.78, 5) is 0. The fourth-order valence-electron chi connectivity index (χ4n) is 2.07. The third-order valence-electron chi connectivity index (χ3n) is 3.10. The summed E-state index contributed by atoms with van der Waals surface area (Å²) >= 11 is 6.03. The highest BCUT2D eigenvalue weighted by molar-refractivity contribution is 14.1. The first-order chi connectivity index (χ1) is 8.33. The lowest BCUT2D eigenvalue weighted by molar-refractivity contribution is 0.347. The van der Waals surface area contributed by atoms with Crippen LogP contribution in [0.4, 0.5) is 0 Å². The van der Waals surface area contributed by atoms with Gasteiger partial charge >= 0.3 is 0 Å². The van der Waals surface area contributed by atoms with E-state index >= 15 is 0 Å². The first-order valence-corrected chi connectivity index (χ1v) is 8.33. The fraction of sp³-hybridized carbons (Fsp3) is 0.600. The molecule has 0 saturated heterocycles. The summed E-state index contributed by atoms with van der Waals surface area (Å²) in [6.07, 6.45) is 3.71. The minimum absolute atomic E-state index is 0.431. The maximum absolute atomic E-state index is 3.66. The van der Waals surface area contributed by atoms with Crippen molar-refractivity contribution in [3.63, 3.8) is 0 Å². The lowest BCUT2D eigenvalue weighted by atomic mass is 9.88. The van der Waals surface area contributed by atoms with Gasteiger partial charge in [0.25, 0.3) is 0 Å². The third-order valence-corrected chi connectivity index (χ3v) is 4.49. The molecule has 0 radical (unpaired) electrons. The molecule has 1 aromatic carbocycles. The van der Waals surface area contributed by atoms with Crippen LogP contribution in [0.25, 0.3) is 0 Å². The lowest BCUT2D eigenvalue weighted by Crippen LogP contribution is -2.18. The summed E-state index contributed by atoms with van der Waals surface area (Å²) in [6, 6.07) is 6.99. The second-order valence-electron chi connectivity index (χ2n) is 5.96. The van der Waals surface area contributed by atoms with Gasteiger partial charge in [0.05, 0.1) is 0 Å². The molecule has 0 aromatic heterocycles. The first-order valence-electron chi connectivity index (χ1n) is 6.46. The summed E-state index contributed by atoms with van der Waals surface area (Å²) in [5.41, 5.74) is 1.80. The van der Waals surface area contributed by atoms with Gasteiger partial charge in [0.15, 0.2) is 0 Å². The Hall–Kier alpha value is 0.390. The van der Waals surface area contributed by atoms with Crippen molar-refractivity contribution in [3.8, 4) is 0 Å². The van der Waals surface area contributed by atoms with Crippen molar-refractivity contribution in [2.45, 2.75) is 46.1 Å². The number of halogens is 2. The van der Waals surface area contributed by atoms with Crippen molar-refractivity contribution in [2.24, 2.45) is 5.41 Å². The Labute approximate surface area is 133 Å². The van der Waals surface area contributed by atoms with Crippen molar-refractivity contribution in [2.75, 3.05) is 7.05 Å². The average molecular weight is 424 g/mol. The summed E-state index contributed by atoms with van der Waals surface area (Å²) in [5.74, 6) is 0. The molecule has 1 atom stereocenters. The van der Waals surface area contributed by atoms with Crippen LogP contribution in [0.2, 0.25) is 0 Å². The predicted molar refractivity (Wildman–Crippen MR) is 92.0 cm³/mol. The van der Waals surface area contributed by atoms with Crippen molar-refractivity contribution in [3.05, 3.63) is 31.8 Å². The van der Waals surface area contributed by atoms with Gasteiger partial charge < -0.3 is 5.32 Å². The minimum Gasteiger partial charge on any atom is -0.313 e. The largest absolute Gasteiger partial charge is 0.313 e. The van der Waals surface area contributed by atoms with E-state index in [4.69, 9.17) is 0 Å². The Morgan fingerprint density at radius 3 is 2.56 bits per heavy atom. The van der Waals surface area contributed by atoms with Crippen LogP contribution in [0, 0.1) is 8.99 Å². The molecule has 0 amide bonds. The number of hydrogen-bond donors (Lipinski definition) is 1. The van der Waals surface area contributed by atoms with Gasteiger partial charge in [-0.2, -0.15) is 0 Å². The third kappa shape index (κ3) is 5.57. The van der Waals surface area contributed by atoms with Crippen LogP contribution < -0.4 is 5.32 Å². The Bertz CT molecular complexity index is 385. The summed E-state index contributed by atoms with van der Waals surface area (Å²) in [7, 11) is 2.05. The number of nitrogens with one attached hydrogen (secondary N) is 1. The number of rotatable bonds is 5. The molecule has 0 spiro atoms. The van der Waals surface area contributed by atoms with Crippen LogP contribution in [-0.4, -0.2) is 7.05 Å². The summed E-state index contributed by atoms with van der Waals surface area (Å²) in [6.45, 7) is 6.92. The van der Waals surface area contributed by atoms with E-state index in [2.05, 4.69) is 82.8 Å². The molecule has 0 saturated carbocycles. The maximum atomic E-state index is 3.66. The van der Waals surface area contributed by atoms with Gasteiger partial charge in [-0.25, -0.2) is 0 Å². The molecule has 0 bridgehead atoms. The Balaban J connectivity index is 2.68. The van der Waals surface area contributed by atoms with Crippen molar-refractivity contribution >= 4 is 38.5 Å². The van der Waals surface area contributed by atoms with Gasteiger partial charge in [0, 0.05) is 14.1 Å². The van der Waals surface area contributed by atoms with E-state index in [0.717, 1.165) is 0 Å². The van der Waals surface area contributed by atoms with Gasteiger partial charge in [-0.1, -0.05) is 43.1 Å². The molecule has 1 unspecified atom stereocenters. The SMILES string of the molecule is CNC(CCCC(C)(C)C)c1cc(I)ccc1Br. The standard InChI is InChI=1S/C15H23BrIN/c1-15(2,3)9-5-6-14(18-4)12-10-11(17)7-8-13(12)16/h7-8,10,14,18H,5-6,9H2,1-4H3. The van der Waals surface area contributed by atoms with Crippen LogP contribution in [0.5, 0.6) is 0 Å². The maximum Gasteiger partial charge on any atom is 0.0329 e. The molecular formula is C15H23BrIN. The molecule has 0 fully saturated rings. The van der Waals surface area contributed by atoms with Gasteiger partial charge in [0.2, 0.25) is 0 Å². The molecule has 3 heteroatoms. The molecule has 102 valence electrons. The van der Waals surface area contributed by atoms with Crippen molar-refractivity contribution in [1.29, 1.82) is 0 Å². The van der Waals surface area contributed by atoms with Gasteiger partial charge in [-0.15, -0.1) is 0 Å². The second kappa shape index (κ2) is 7.25. The number of hydrogen-bond acceptors (Lipinski definition) is 1. The molecule has 1 rings (SSSR count). The highest BCUT2D eigenvalue weighted by atomic mass is 127. The van der Waals surface area contributed by atoms with Gasteiger partial charge in [0.1, 0.15) is 0 Å². The smallest absolute Gasteiger partial charge is 0.0329 e. The Kier molecular flexibility index (Phi) is 6.62. The van der Waals surface area contributed by atoms with E-state index in [1.165, 1.54) is 32.9 Å². The summed E-state index contributed by atoms with van der Waals surface area (Å²) in [5, 5.41) is 3.44. The molecule has 0 heterocycles. The Morgan fingerprint density at radius 2 is 2.00 bits per heavy atom. The lowest BCUT2D eigenvalue weighted by Gasteiger charge is -2.22. The summed E-state index contributed by atoms with van der Waals surface area (Å²) < 4.78 is 2.50. The van der Waals surface area contributed by atoms with Crippen LogP contribution in [-0.2, 0) is 0 Å². The van der Waals surface area contributed by atoms with E-state index in [9.17, 15) is 0 Å². The zero-order valence-corrected chi connectivity index (χ0v) is 15.4. The Morgan fingerprint density at radius 1 is 1.33 bits per heavy atom.